The van der Waals surface area contributed by atoms with Crippen molar-refractivity contribution in [1.29, 1.82) is 0 Å². The van der Waals surface area contributed by atoms with Crippen LogP contribution in [0.5, 0.6) is 0 Å². The molecule has 1 aromatic rings. The molecule has 0 heterocycles. The number of rotatable bonds is 1. The summed E-state index contributed by atoms with van der Waals surface area (Å²) in [6.07, 6.45) is 1.83. The van der Waals surface area contributed by atoms with Crippen LogP contribution in [0.4, 0.5) is 0 Å². The summed E-state index contributed by atoms with van der Waals surface area (Å²) in [6, 6.07) is 10.0. The van der Waals surface area contributed by atoms with Gasteiger partial charge in [0.15, 0.2) is 0 Å². The van der Waals surface area contributed by atoms with Crippen molar-refractivity contribution in [1.82, 2.24) is 0 Å². The van der Waals surface area contributed by atoms with Crippen molar-refractivity contribution >= 4 is 26.9 Å². The first-order valence-corrected chi connectivity index (χ1v) is 5.40. The lowest BCUT2D eigenvalue weighted by molar-refractivity contribution is 0.583. The molecule has 12 heavy (non-hydrogen) atoms. The summed E-state index contributed by atoms with van der Waals surface area (Å²) in [5.41, 5.74) is 1.17. The van der Waals surface area contributed by atoms with Crippen LogP contribution in [0.1, 0.15) is 5.56 Å². The Balaban J connectivity index is 0.000000261. The van der Waals surface area contributed by atoms with Crippen LogP contribution in [-0.4, -0.2) is 8.76 Å². The largest absolute Gasteiger partial charge is 0.308 e. The maximum absolute atomic E-state index is 8.96. The molecule has 1 atom stereocenters. The van der Waals surface area contributed by atoms with Gasteiger partial charge in [-0.25, -0.2) is 4.21 Å². The van der Waals surface area contributed by atoms with Gasteiger partial charge in [-0.05, 0) is 5.56 Å². The second-order valence-corrected chi connectivity index (χ2v) is 3.27. The van der Waals surface area contributed by atoms with Gasteiger partial charge in [0.1, 0.15) is 9.64 Å². The van der Waals surface area contributed by atoms with E-state index in [2.05, 4.69) is 17.8 Å². The van der Waals surface area contributed by atoms with E-state index in [1.165, 1.54) is 5.56 Å². The molecular weight excluding hydrogens is 192 g/mol. The zero-order valence-corrected chi connectivity index (χ0v) is 8.09. The molecule has 0 radical (unpaired) electrons. The molecule has 0 saturated carbocycles. The molecule has 66 valence electrons. The van der Waals surface area contributed by atoms with Gasteiger partial charge in [-0.15, -0.1) is 0 Å². The number of benzene rings is 1. The van der Waals surface area contributed by atoms with E-state index in [1.54, 1.807) is 0 Å². The predicted molar refractivity (Wildman–Crippen MR) is 56.1 cm³/mol. The molecule has 0 aliphatic carbocycles. The van der Waals surface area contributed by atoms with Crippen LogP contribution in [0.3, 0.4) is 0 Å². The summed E-state index contributed by atoms with van der Waals surface area (Å²) in [4.78, 5) is 0. The first kappa shape index (κ1) is 11.3. The highest BCUT2D eigenvalue weighted by atomic mass is 32.8. The van der Waals surface area contributed by atoms with Crippen LogP contribution in [0.25, 0.3) is 6.08 Å². The third kappa shape index (κ3) is 7.40. The normalized spacial score (nSPS) is 10.8. The molecule has 1 rings (SSSR count). The third-order valence-electron chi connectivity index (χ3n) is 1.04. The lowest BCUT2D eigenvalue weighted by atomic mass is 10.2. The highest BCUT2D eigenvalue weighted by Crippen LogP contribution is 1.97. The van der Waals surface area contributed by atoms with Crippen molar-refractivity contribution in [2.45, 2.75) is 0 Å². The summed E-state index contributed by atoms with van der Waals surface area (Å²) in [7, 11) is -2.29. The molecular formula is C8H10O2S2. The topological polar surface area (TPSA) is 37.3 Å². The Morgan fingerprint density at radius 2 is 1.83 bits per heavy atom. The smallest absolute Gasteiger partial charge is 0.130 e. The van der Waals surface area contributed by atoms with Gasteiger partial charge in [0, 0.05) is 11.2 Å². The van der Waals surface area contributed by atoms with Crippen molar-refractivity contribution in [2.75, 3.05) is 0 Å². The lowest BCUT2D eigenvalue weighted by Gasteiger charge is -1.85. The Morgan fingerprint density at radius 3 is 2.08 bits per heavy atom. The van der Waals surface area contributed by atoms with E-state index in [0.29, 0.717) is 0 Å². The van der Waals surface area contributed by atoms with Gasteiger partial charge in [-0.3, -0.25) is 0 Å². The Hall–Kier alpha value is -0.710. The average molecular weight is 202 g/mol. The molecule has 0 aliphatic rings. The molecule has 0 aliphatic heterocycles. The summed E-state index contributed by atoms with van der Waals surface area (Å²) in [5.74, 6) is 0. The van der Waals surface area contributed by atoms with Crippen molar-refractivity contribution in [2.24, 2.45) is 0 Å². The Kier molecular flexibility index (Phi) is 6.55. The molecule has 2 nitrogen and oxygen atoms in total. The fraction of sp³-hybridized carbons (Fsp3) is 0. The fourth-order valence-corrected chi connectivity index (χ4v) is 0.589. The van der Waals surface area contributed by atoms with Crippen LogP contribution in [0.2, 0.25) is 0 Å². The minimum atomic E-state index is -2.29. The molecule has 1 unspecified atom stereocenters. The van der Waals surface area contributed by atoms with E-state index < -0.39 is 9.64 Å². The highest BCUT2D eigenvalue weighted by molar-refractivity contribution is 8.18. The Morgan fingerprint density at radius 1 is 1.42 bits per heavy atom. The highest BCUT2D eigenvalue weighted by Gasteiger charge is 1.75. The SMILES string of the molecule is C=Cc1ccccc1.O=[SH](O)=S. The zero-order valence-electron chi connectivity index (χ0n) is 6.38. The molecule has 1 aromatic carbocycles. The van der Waals surface area contributed by atoms with Gasteiger partial charge >= 0.3 is 0 Å². The quantitative estimate of drug-likeness (QED) is 0.681. The molecule has 0 saturated heterocycles. The predicted octanol–water partition coefficient (Wildman–Crippen LogP) is 1.73. The van der Waals surface area contributed by atoms with Gasteiger partial charge < -0.3 is 4.55 Å². The van der Waals surface area contributed by atoms with E-state index in [1.807, 2.05) is 36.4 Å². The molecule has 0 amide bonds. The van der Waals surface area contributed by atoms with Gasteiger partial charge in [-0.1, -0.05) is 43.0 Å². The van der Waals surface area contributed by atoms with E-state index in [-0.39, 0.29) is 0 Å². The molecule has 4 heteroatoms. The standard InChI is InChI=1S/C8H8.H2O2S2/c1-2-8-6-4-3-5-7-8;1-4(2)3/h2-7H,1H2;4H,(H,1,2,3). The number of hydrogen-bond acceptors (Lipinski definition) is 2. The van der Waals surface area contributed by atoms with Crippen LogP contribution >= 0.6 is 0 Å². The molecule has 0 aromatic heterocycles. The van der Waals surface area contributed by atoms with Crippen LogP contribution in [0.15, 0.2) is 36.9 Å². The van der Waals surface area contributed by atoms with Crippen LogP contribution in [0, 0.1) is 0 Å². The average Bonchev–Trinajstić information content (AvgIpc) is 2.05. The van der Waals surface area contributed by atoms with Gasteiger partial charge in [-0.2, -0.15) is 0 Å². The monoisotopic (exact) mass is 202 g/mol. The van der Waals surface area contributed by atoms with Crippen molar-refractivity contribution < 1.29 is 8.76 Å². The number of thiol groups is 1. The maximum Gasteiger partial charge on any atom is 0.130 e. The second kappa shape index (κ2) is 6.97. The van der Waals surface area contributed by atoms with E-state index in [9.17, 15) is 0 Å². The molecule has 0 bridgehead atoms. The van der Waals surface area contributed by atoms with Crippen LogP contribution in [-0.2, 0) is 20.8 Å². The van der Waals surface area contributed by atoms with E-state index in [0.717, 1.165) is 0 Å². The minimum absolute atomic E-state index is 1.17. The van der Waals surface area contributed by atoms with E-state index >= 15 is 0 Å². The van der Waals surface area contributed by atoms with Crippen LogP contribution < -0.4 is 0 Å². The summed E-state index contributed by atoms with van der Waals surface area (Å²) >= 11 is 3.69. The fourth-order valence-electron chi connectivity index (χ4n) is 0.589. The van der Waals surface area contributed by atoms with E-state index in [4.69, 9.17) is 8.76 Å². The second-order valence-electron chi connectivity index (χ2n) is 1.85. The van der Waals surface area contributed by atoms with Crippen molar-refractivity contribution in [3.63, 3.8) is 0 Å². The van der Waals surface area contributed by atoms with Gasteiger partial charge in [0.05, 0.1) is 0 Å². The zero-order chi connectivity index (χ0) is 9.40. The molecule has 0 fully saturated rings. The summed E-state index contributed by atoms with van der Waals surface area (Å²) in [5, 5.41) is 0. The summed E-state index contributed by atoms with van der Waals surface area (Å²) in [6.45, 7) is 3.63. The maximum atomic E-state index is 8.96. The molecule has 1 N–H and O–H groups in total. The summed E-state index contributed by atoms with van der Waals surface area (Å²) < 4.78 is 16.3. The van der Waals surface area contributed by atoms with Crippen molar-refractivity contribution in [3.05, 3.63) is 42.5 Å². The first-order chi connectivity index (χ1) is 5.66. The Labute approximate surface area is 78.5 Å². The third-order valence-corrected chi connectivity index (χ3v) is 1.04. The van der Waals surface area contributed by atoms with Gasteiger partial charge in [0.2, 0.25) is 0 Å². The first-order valence-electron chi connectivity index (χ1n) is 3.17. The van der Waals surface area contributed by atoms with Crippen molar-refractivity contribution in [3.8, 4) is 0 Å². The lowest BCUT2D eigenvalue weighted by Crippen LogP contribution is -1.63. The minimum Gasteiger partial charge on any atom is -0.308 e. The van der Waals surface area contributed by atoms with Gasteiger partial charge in [0.25, 0.3) is 0 Å². The Bertz CT molecular complexity index is 283. The number of hydrogen-bond donors (Lipinski definition) is 2. The molecule has 0 spiro atoms.